The second kappa shape index (κ2) is 5.25. The summed E-state index contributed by atoms with van der Waals surface area (Å²) in [5.41, 5.74) is 1.04. The molecule has 0 saturated heterocycles. The minimum absolute atomic E-state index is 0.226. The van der Waals surface area contributed by atoms with Crippen LogP contribution in [0.5, 0.6) is 5.75 Å². The molecule has 1 heterocycles. The molecule has 1 amide bonds. The van der Waals surface area contributed by atoms with E-state index >= 15 is 0 Å². The molecule has 5 heteroatoms. The van der Waals surface area contributed by atoms with Crippen LogP contribution in [0.2, 0.25) is 0 Å². The van der Waals surface area contributed by atoms with Crippen molar-refractivity contribution in [3.05, 3.63) is 58.3 Å². The highest BCUT2D eigenvalue weighted by Gasteiger charge is 2.24. The van der Waals surface area contributed by atoms with Crippen molar-refractivity contribution >= 4 is 27.5 Å². The van der Waals surface area contributed by atoms with Gasteiger partial charge in [0, 0.05) is 10.0 Å². The summed E-state index contributed by atoms with van der Waals surface area (Å²) in [6.07, 6.45) is 0. The van der Waals surface area contributed by atoms with Gasteiger partial charge in [-0.3, -0.25) is 4.79 Å². The number of anilines is 1. The van der Waals surface area contributed by atoms with Gasteiger partial charge >= 0.3 is 0 Å². The third-order valence-electron chi connectivity index (χ3n) is 3.10. The lowest BCUT2D eigenvalue weighted by Gasteiger charge is -2.29. The van der Waals surface area contributed by atoms with E-state index in [1.807, 2.05) is 18.2 Å². The summed E-state index contributed by atoms with van der Waals surface area (Å²) in [6, 6.07) is 11.2. The summed E-state index contributed by atoms with van der Waals surface area (Å²) in [7, 11) is 0. The van der Waals surface area contributed by atoms with Gasteiger partial charge in [0.25, 0.3) is 5.91 Å². The molecule has 0 saturated carbocycles. The van der Waals surface area contributed by atoms with Crippen molar-refractivity contribution in [2.75, 3.05) is 18.1 Å². The third kappa shape index (κ3) is 2.41. The highest BCUT2D eigenvalue weighted by atomic mass is 79.9. The summed E-state index contributed by atoms with van der Waals surface area (Å²) in [5.74, 6) is 0.00638. The van der Waals surface area contributed by atoms with Crippen LogP contribution in [-0.4, -0.2) is 19.1 Å². The van der Waals surface area contributed by atoms with Crippen LogP contribution < -0.4 is 9.64 Å². The van der Waals surface area contributed by atoms with Crippen molar-refractivity contribution in [1.82, 2.24) is 0 Å². The molecule has 0 N–H and O–H groups in total. The Balaban J connectivity index is 1.98. The molecule has 0 radical (unpaired) electrons. The lowest BCUT2D eigenvalue weighted by molar-refractivity contribution is 0.0976. The molecular weight excluding hydrogens is 325 g/mol. The van der Waals surface area contributed by atoms with E-state index < -0.39 is 5.82 Å². The zero-order valence-electron chi connectivity index (χ0n) is 10.5. The molecule has 3 rings (SSSR count). The molecule has 0 aromatic heterocycles. The molecule has 0 spiro atoms. The number of ether oxygens (including phenoxy) is 1. The topological polar surface area (TPSA) is 29.5 Å². The molecule has 1 aliphatic rings. The highest BCUT2D eigenvalue weighted by molar-refractivity contribution is 9.10. The fourth-order valence-corrected chi connectivity index (χ4v) is 2.52. The SMILES string of the molecule is O=C(c1cccc(F)c1)N1CCOc2cc(Br)ccc21. The molecular formula is C15H11BrFNO2. The van der Waals surface area contributed by atoms with Gasteiger partial charge in [0.05, 0.1) is 12.2 Å². The van der Waals surface area contributed by atoms with Gasteiger partial charge in [-0.1, -0.05) is 22.0 Å². The van der Waals surface area contributed by atoms with E-state index in [1.165, 1.54) is 18.2 Å². The lowest BCUT2D eigenvalue weighted by atomic mass is 10.1. The lowest BCUT2D eigenvalue weighted by Crippen LogP contribution is -2.37. The van der Waals surface area contributed by atoms with Crippen LogP contribution >= 0.6 is 15.9 Å². The van der Waals surface area contributed by atoms with Crippen molar-refractivity contribution in [2.45, 2.75) is 0 Å². The van der Waals surface area contributed by atoms with Gasteiger partial charge in [-0.15, -0.1) is 0 Å². The number of nitrogens with zero attached hydrogens (tertiary/aromatic N) is 1. The number of hydrogen-bond acceptors (Lipinski definition) is 2. The average Bonchev–Trinajstić information content (AvgIpc) is 2.45. The van der Waals surface area contributed by atoms with Crippen LogP contribution in [0.15, 0.2) is 46.9 Å². The molecule has 0 aliphatic carbocycles. The largest absolute Gasteiger partial charge is 0.489 e. The Kier molecular flexibility index (Phi) is 3.44. The van der Waals surface area contributed by atoms with Gasteiger partial charge in [0.15, 0.2) is 0 Å². The second-order valence-corrected chi connectivity index (χ2v) is 5.34. The zero-order chi connectivity index (χ0) is 14.1. The summed E-state index contributed by atoms with van der Waals surface area (Å²) < 4.78 is 19.7. The minimum Gasteiger partial charge on any atom is -0.489 e. The number of hydrogen-bond donors (Lipinski definition) is 0. The Morgan fingerprint density at radius 1 is 1.25 bits per heavy atom. The predicted molar refractivity (Wildman–Crippen MR) is 77.7 cm³/mol. The van der Waals surface area contributed by atoms with E-state index in [9.17, 15) is 9.18 Å². The monoisotopic (exact) mass is 335 g/mol. The molecule has 2 aromatic rings. The summed E-state index contributed by atoms with van der Waals surface area (Å²) in [5, 5.41) is 0. The maximum Gasteiger partial charge on any atom is 0.258 e. The van der Waals surface area contributed by atoms with Crippen LogP contribution in [-0.2, 0) is 0 Å². The number of carbonyl (C=O) groups is 1. The first-order valence-corrected chi connectivity index (χ1v) is 6.94. The van der Waals surface area contributed by atoms with Crippen LogP contribution in [0.25, 0.3) is 0 Å². The van der Waals surface area contributed by atoms with Crippen LogP contribution in [0.3, 0.4) is 0 Å². The van der Waals surface area contributed by atoms with Gasteiger partial charge in [0.2, 0.25) is 0 Å². The van der Waals surface area contributed by atoms with E-state index in [4.69, 9.17) is 4.74 Å². The number of benzene rings is 2. The third-order valence-corrected chi connectivity index (χ3v) is 3.60. The molecule has 0 unspecified atom stereocenters. The van der Waals surface area contributed by atoms with Gasteiger partial charge in [-0.2, -0.15) is 0 Å². The van der Waals surface area contributed by atoms with Crippen molar-refractivity contribution in [3.8, 4) is 5.75 Å². The van der Waals surface area contributed by atoms with E-state index in [0.29, 0.717) is 30.2 Å². The normalized spacial score (nSPS) is 13.6. The molecule has 20 heavy (non-hydrogen) atoms. The van der Waals surface area contributed by atoms with Gasteiger partial charge in [-0.05, 0) is 36.4 Å². The smallest absolute Gasteiger partial charge is 0.258 e. The average molecular weight is 336 g/mol. The number of halogens is 2. The summed E-state index contributed by atoms with van der Waals surface area (Å²) >= 11 is 3.37. The van der Waals surface area contributed by atoms with Crippen LogP contribution in [0, 0.1) is 5.82 Å². The fraction of sp³-hybridized carbons (Fsp3) is 0.133. The maximum atomic E-state index is 13.2. The van der Waals surface area contributed by atoms with Crippen molar-refractivity contribution < 1.29 is 13.9 Å². The predicted octanol–water partition coefficient (Wildman–Crippen LogP) is 3.63. The zero-order valence-corrected chi connectivity index (χ0v) is 12.1. The molecule has 3 nitrogen and oxygen atoms in total. The number of fused-ring (bicyclic) bond motifs is 1. The second-order valence-electron chi connectivity index (χ2n) is 4.43. The van der Waals surface area contributed by atoms with Crippen molar-refractivity contribution in [1.29, 1.82) is 0 Å². The van der Waals surface area contributed by atoms with Crippen LogP contribution in [0.1, 0.15) is 10.4 Å². The van der Waals surface area contributed by atoms with Crippen molar-refractivity contribution in [2.24, 2.45) is 0 Å². The molecule has 2 aromatic carbocycles. The molecule has 0 fully saturated rings. The first kappa shape index (κ1) is 13.1. The number of carbonyl (C=O) groups excluding carboxylic acids is 1. The van der Waals surface area contributed by atoms with Crippen molar-refractivity contribution in [3.63, 3.8) is 0 Å². The summed E-state index contributed by atoms with van der Waals surface area (Å²) in [6.45, 7) is 0.870. The highest BCUT2D eigenvalue weighted by Crippen LogP contribution is 2.34. The standard InChI is InChI=1S/C15H11BrFNO2/c16-11-4-5-13-14(9-11)20-7-6-18(13)15(19)10-2-1-3-12(17)8-10/h1-5,8-9H,6-7H2. The number of amides is 1. The number of rotatable bonds is 1. The Morgan fingerprint density at radius 3 is 2.90 bits per heavy atom. The first-order valence-electron chi connectivity index (χ1n) is 6.15. The summed E-state index contributed by atoms with van der Waals surface area (Å²) in [4.78, 5) is 14.1. The van der Waals surface area contributed by atoms with E-state index in [2.05, 4.69) is 15.9 Å². The molecule has 0 bridgehead atoms. The van der Waals surface area contributed by atoms with E-state index in [1.54, 1.807) is 11.0 Å². The Labute approximate surface area is 124 Å². The molecule has 0 atom stereocenters. The van der Waals surface area contributed by atoms with E-state index in [0.717, 1.165) is 4.47 Å². The van der Waals surface area contributed by atoms with E-state index in [-0.39, 0.29) is 5.91 Å². The van der Waals surface area contributed by atoms with Gasteiger partial charge < -0.3 is 9.64 Å². The first-order chi connectivity index (χ1) is 9.65. The molecule has 102 valence electrons. The minimum atomic E-state index is -0.417. The Morgan fingerprint density at radius 2 is 2.10 bits per heavy atom. The van der Waals surface area contributed by atoms with Crippen LogP contribution in [0.4, 0.5) is 10.1 Å². The Bertz CT molecular complexity index is 675. The maximum absolute atomic E-state index is 13.2. The fourth-order valence-electron chi connectivity index (χ4n) is 2.18. The quantitative estimate of drug-likeness (QED) is 0.796. The van der Waals surface area contributed by atoms with Gasteiger partial charge in [-0.25, -0.2) is 4.39 Å². The van der Waals surface area contributed by atoms with Gasteiger partial charge in [0.1, 0.15) is 18.2 Å². The Hall–Kier alpha value is -1.88. The molecule has 1 aliphatic heterocycles.